The van der Waals surface area contributed by atoms with E-state index in [1.54, 1.807) is 4.90 Å². The highest BCUT2D eigenvalue weighted by molar-refractivity contribution is 8.04. The topological polar surface area (TPSA) is 56.1 Å². The Morgan fingerprint density at radius 1 is 1.39 bits per heavy atom. The van der Waals surface area contributed by atoms with Crippen LogP contribution in [0.15, 0.2) is 35.4 Å². The molecule has 122 valence electrons. The van der Waals surface area contributed by atoms with Gasteiger partial charge in [0.1, 0.15) is 0 Å². The molecule has 1 aromatic carbocycles. The predicted molar refractivity (Wildman–Crippen MR) is 96.0 cm³/mol. The summed E-state index contributed by atoms with van der Waals surface area (Å²) >= 11 is 1.52. The van der Waals surface area contributed by atoms with Gasteiger partial charge in [-0.25, -0.2) is 0 Å². The molecule has 1 saturated heterocycles. The summed E-state index contributed by atoms with van der Waals surface area (Å²) in [6.07, 6.45) is 4.23. The van der Waals surface area contributed by atoms with Crippen LogP contribution in [0.4, 0.5) is 5.69 Å². The van der Waals surface area contributed by atoms with Crippen LogP contribution in [0.2, 0.25) is 0 Å². The van der Waals surface area contributed by atoms with Crippen molar-refractivity contribution >= 4 is 23.4 Å². The second-order valence-electron chi connectivity index (χ2n) is 5.38. The second kappa shape index (κ2) is 8.64. The van der Waals surface area contributed by atoms with E-state index in [2.05, 4.69) is 30.4 Å². The van der Waals surface area contributed by atoms with Gasteiger partial charge in [0.15, 0.2) is 0 Å². The zero-order valence-corrected chi connectivity index (χ0v) is 14.5. The summed E-state index contributed by atoms with van der Waals surface area (Å²) in [6.45, 7) is 5.56. The van der Waals surface area contributed by atoms with Crippen molar-refractivity contribution in [1.82, 2.24) is 4.90 Å². The fourth-order valence-electron chi connectivity index (χ4n) is 2.72. The van der Waals surface area contributed by atoms with E-state index in [1.807, 2.05) is 19.1 Å². The summed E-state index contributed by atoms with van der Waals surface area (Å²) in [5.74, 6) is 0.132. The summed E-state index contributed by atoms with van der Waals surface area (Å²) < 4.78 is 0. The van der Waals surface area contributed by atoms with Crippen LogP contribution in [0.3, 0.4) is 0 Å². The summed E-state index contributed by atoms with van der Waals surface area (Å²) in [7, 11) is 0. The van der Waals surface area contributed by atoms with Gasteiger partial charge in [0.2, 0.25) is 5.91 Å². The lowest BCUT2D eigenvalue weighted by molar-refractivity contribution is -0.127. The van der Waals surface area contributed by atoms with Gasteiger partial charge in [-0.3, -0.25) is 4.79 Å². The maximum absolute atomic E-state index is 12.3. The van der Waals surface area contributed by atoms with Gasteiger partial charge in [-0.2, -0.15) is 5.26 Å². The Morgan fingerprint density at radius 3 is 2.87 bits per heavy atom. The third kappa shape index (κ3) is 4.29. The minimum Gasteiger partial charge on any atom is -0.385 e. The van der Waals surface area contributed by atoms with E-state index >= 15 is 0 Å². The van der Waals surface area contributed by atoms with Gasteiger partial charge in [0.25, 0.3) is 0 Å². The van der Waals surface area contributed by atoms with Crippen LogP contribution in [-0.2, 0) is 11.2 Å². The molecule has 0 bridgehead atoms. The molecule has 23 heavy (non-hydrogen) atoms. The Bertz CT molecular complexity index is 621. The van der Waals surface area contributed by atoms with E-state index in [0.29, 0.717) is 6.54 Å². The molecule has 1 heterocycles. The number of carbonyl (C=O) groups is 1. The number of benzene rings is 1. The summed E-state index contributed by atoms with van der Waals surface area (Å²) in [4.78, 5) is 14.0. The number of thioether (sulfide) groups is 1. The number of hydrogen-bond acceptors (Lipinski definition) is 4. The summed E-state index contributed by atoms with van der Waals surface area (Å²) in [5, 5.41) is 13.0. The zero-order valence-electron chi connectivity index (χ0n) is 13.7. The average molecular weight is 329 g/mol. The maximum atomic E-state index is 12.3. The predicted octanol–water partition coefficient (Wildman–Crippen LogP) is 3.77. The normalized spacial score (nSPS) is 19.2. The maximum Gasteiger partial charge on any atom is 0.240 e. The van der Waals surface area contributed by atoms with Crippen molar-refractivity contribution in [3.05, 3.63) is 40.9 Å². The van der Waals surface area contributed by atoms with Crippen LogP contribution in [0.1, 0.15) is 32.3 Å². The number of carbonyl (C=O) groups excluding carboxylic acids is 1. The van der Waals surface area contributed by atoms with Crippen molar-refractivity contribution < 1.29 is 4.79 Å². The highest BCUT2D eigenvalue weighted by atomic mass is 32.2. The third-order valence-corrected chi connectivity index (χ3v) is 5.23. The van der Waals surface area contributed by atoms with Crippen LogP contribution >= 0.6 is 11.8 Å². The third-order valence-electron chi connectivity index (χ3n) is 3.93. The number of nitrogens with zero attached hydrogens (tertiary/aromatic N) is 2. The van der Waals surface area contributed by atoms with Gasteiger partial charge in [-0.05, 0) is 37.8 Å². The lowest BCUT2D eigenvalue weighted by Crippen LogP contribution is -2.28. The molecule has 5 heteroatoms. The fourth-order valence-corrected chi connectivity index (χ4v) is 3.99. The van der Waals surface area contributed by atoms with Crippen LogP contribution in [0, 0.1) is 11.3 Å². The molecule has 1 aliphatic heterocycles. The van der Waals surface area contributed by atoms with Crippen LogP contribution in [-0.4, -0.2) is 29.1 Å². The number of para-hydroxylation sites is 1. The van der Waals surface area contributed by atoms with Gasteiger partial charge in [0.05, 0.1) is 16.3 Å². The van der Waals surface area contributed by atoms with E-state index in [9.17, 15) is 4.79 Å². The molecule has 1 amide bonds. The van der Waals surface area contributed by atoms with Crippen molar-refractivity contribution in [2.75, 3.05) is 18.4 Å². The molecule has 1 aliphatic rings. The minimum absolute atomic E-state index is 0.0576. The van der Waals surface area contributed by atoms with E-state index in [4.69, 9.17) is 5.26 Å². The molecule has 1 fully saturated rings. The number of anilines is 1. The van der Waals surface area contributed by atoms with Crippen molar-refractivity contribution in [2.24, 2.45) is 0 Å². The number of allylic oxidation sites excluding steroid dienone is 1. The lowest BCUT2D eigenvalue weighted by atomic mass is 10.1. The number of nitrogens with one attached hydrogen (secondary N) is 1. The standard InChI is InChI=1S/C18H23N3OS/c1-3-14-8-5-6-9-15(14)20-13-7-10-16-18(22)21(4-2)17(23-16)11-12-19/h5-6,8-9,11,16,20H,3-4,7,10,13H2,1-2H3/b17-11+. The number of aryl methyl sites for hydroxylation is 1. The Labute approximate surface area is 142 Å². The highest BCUT2D eigenvalue weighted by Crippen LogP contribution is 2.36. The van der Waals surface area contributed by atoms with Crippen LogP contribution in [0.25, 0.3) is 0 Å². The molecule has 0 radical (unpaired) electrons. The Balaban J connectivity index is 1.84. The molecule has 1 atom stereocenters. The van der Waals surface area contributed by atoms with Gasteiger partial charge < -0.3 is 10.2 Å². The Morgan fingerprint density at radius 2 is 2.17 bits per heavy atom. The molecule has 0 spiro atoms. The molecule has 0 saturated carbocycles. The van der Waals surface area contributed by atoms with Crippen molar-refractivity contribution in [3.63, 3.8) is 0 Å². The number of nitriles is 1. The van der Waals surface area contributed by atoms with E-state index in [0.717, 1.165) is 30.8 Å². The van der Waals surface area contributed by atoms with Gasteiger partial charge in [0, 0.05) is 24.9 Å². The van der Waals surface area contributed by atoms with Gasteiger partial charge in [-0.1, -0.05) is 36.9 Å². The smallest absolute Gasteiger partial charge is 0.240 e. The first-order valence-corrected chi connectivity index (χ1v) is 8.98. The molecule has 0 aromatic heterocycles. The molecule has 4 nitrogen and oxygen atoms in total. The fraction of sp³-hybridized carbons (Fsp3) is 0.444. The number of rotatable bonds is 7. The second-order valence-corrected chi connectivity index (χ2v) is 6.60. The molecule has 1 unspecified atom stereocenters. The monoisotopic (exact) mass is 329 g/mol. The lowest BCUT2D eigenvalue weighted by Gasteiger charge is -2.14. The van der Waals surface area contributed by atoms with Gasteiger partial charge >= 0.3 is 0 Å². The van der Waals surface area contributed by atoms with Crippen molar-refractivity contribution in [1.29, 1.82) is 5.26 Å². The number of amides is 1. The van der Waals surface area contributed by atoms with Crippen LogP contribution < -0.4 is 5.32 Å². The van der Waals surface area contributed by atoms with E-state index in [-0.39, 0.29) is 11.2 Å². The first kappa shape index (κ1) is 17.4. The average Bonchev–Trinajstić information content (AvgIpc) is 2.87. The molecular weight excluding hydrogens is 306 g/mol. The Kier molecular flexibility index (Phi) is 6.54. The Hall–Kier alpha value is -1.93. The SMILES string of the molecule is CCc1ccccc1NCCCC1S/C(=C/C#N)N(CC)C1=O. The van der Waals surface area contributed by atoms with Crippen LogP contribution in [0.5, 0.6) is 0 Å². The largest absolute Gasteiger partial charge is 0.385 e. The molecule has 1 N–H and O–H groups in total. The first-order chi connectivity index (χ1) is 11.2. The van der Waals surface area contributed by atoms with E-state index in [1.165, 1.54) is 29.1 Å². The van der Waals surface area contributed by atoms with Crippen molar-refractivity contribution in [3.8, 4) is 6.07 Å². The van der Waals surface area contributed by atoms with Crippen molar-refractivity contribution in [2.45, 2.75) is 38.4 Å². The summed E-state index contributed by atoms with van der Waals surface area (Å²) in [5.41, 5.74) is 2.50. The first-order valence-electron chi connectivity index (χ1n) is 8.10. The molecule has 2 rings (SSSR count). The molecular formula is C18H23N3OS. The minimum atomic E-state index is -0.0576. The van der Waals surface area contributed by atoms with E-state index < -0.39 is 0 Å². The highest BCUT2D eigenvalue weighted by Gasteiger charge is 2.34. The zero-order chi connectivity index (χ0) is 16.7. The number of hydrogen-bond donors (Lipinski definition) is 1. The summed E-state index contributed by atoms with van der Waals surface area (Å²) in [6, 6.07) is 10.4. The molecule has 0 aliphatic carbocycles. The quantitative estimate of drug-likeness (QED) is 0.611. The molecule has 1 aromatic rings. The van der Waals surface area contributed by atoms with Gasteiger partial charge in [-0.15, -0.1) is 0 Å².